The zero-order chi connectivity index (χ0) is 14.5. The van der Waals surface area contributed by atoms with Gasteiger partial charge >= 0.3 is 0 Å². The van der Waals surface area contributed by atoms with E-state index in [4.69, 9.17) is 5.73 Å². The molecule has 2 N–H and O–H groups in total. The predicted octanol–water partition coefficient (Wildman–Crippen LogP) is 3.37. The molecule has 1 aromatic rings. The van der Waals surface area contributed by atoms with Gasteiger partial charge in [0.25, 0.3) is 0 Å². The Morgan fingerprint density at radius 2 is 2.00 bits per heavy atom. The maximum atomic E-state index is 6.40. The van der Waals surface area contributed by atoms with Crippen molar-refractivity contribution in [1.82, 2.24) is 9.88 Å². The molecule has 3 nitrogen and oxygen atoms in total. The first kappa shape index (κ1) is 15.5. The van der Waals surface area contributed by atoms with E-state index in [1.54, 1.807) is 0 Å². The molecule has 0 spiro atoms. The first-order valence-electron chi connectivity index (χ1n) is 8.02. The van der Waals surface area contributed by atoms with Gasteiger partial charge in [-0.15, -0.1) is 0 Å². The van der Waals surface area contributed by atoms with Crippen LogP contribution < -0.4 is 5.73 Å². The Kier molecular flexibility index (Phi) is 5.55. The summed E-state index contributed by atoms with van der Waals surface area (Å²) in [6.07, 6.45) is 8.11. The van der Waals surface area contributed by atoms with Gasteiger partial charge in [-0.2, -0.15) is 0 Å². The van der Waals surface area contributed by atoms with Gasteiger partial charge in [0, 0.05) is 18.3 Å². The van der Waals surface area contributed by atoms with Crippen molar-refractivity contribution in [2.75, 3.05) is 7.05 Å². The average molecular weight is 275 g/mol. The Labute approximate surface area is 123 Å². The Hall–Kier alpha value is -0.930. The molecule has 112 valence electrons. The molecule has 1 aromatic heterocycles. The molecular formula is C17H29N3. The van der Waals surface area contributed by atoms with Crippen molar-refractivity contribution < 1.29 is 0 Å². The summed E-state index contributed by atoms with van der Waals surface area (Å²) in [4.78, 5) is 7.05. The highest BCUT2D eigenvalue weighted by Crippen LogP contribution is 2.32. The summed E-state index contributed by atoms with van der Waals surface area (Å²) in [6.45, 7) is 4.53. The van der Waals surface area contributed by atoms with Crippen LogP contribution in [0.5, 0.6) is 0 Å². The molecule has 2 unspecified atom stereocenters. The van der Waals surface area contributed by atoms with Crippen molar-refractivity contribution in [2.45, 2.75) is 64.1 Å². The molecule has 1 aliphatic rings. The van der Waals surface area contributed by atoms with Crippen molar-refractivity contribution in [1.29, 1.82) is 0 Å². The average Bonchev–Trinajstić information content (AvgIpc) is 2.49. The summed E-state index contributed by atoms with van der Waals surface area (Å²) in [5, 5.41) is 0. The first-order chi connectivity index (χ1) is 9.63. The van der Waals surface area contributed by atoms with Crippen LogP contribution >= 0.6 is 0 Å². The van der Waals surface area contributed by atoms with Gasteiger partial charge in [-0.05, 0) is 57.2 Å². The van der Waals surface area contributed by atoms with E-state index in [-0.39, 0.29) is 12.1 Å². The SMILES string of the molecule is CCC(N)C(c1ccccn1)N(C)C1CCC(C)CC1. The van der Waals surface area contributed by atoms with E-state index in [9.17, 15) is 0 Å². The Balaban J connectivity index is 2.14. The lowest BCUT2D eigenvalue weighted by atomic mass is 9.85. The molecule has 3 heteroatoms. The van der Waals surface area contributed by atoms with E-state index in [2.05, 4.69) is 42.9 Å². The van der Waals surface area contributed by atoms with Gasteiger partial charge in [0.05, 0.1) is 11.7 Å². The van der Waals surface area contributed by atoms with E-state index in [0.29, 0.717) is 6.04 Å². The van der Waals surface area contributed by atoms with Crippen LogP contribution in [0.4, 0.5) is 0 Å². The highest BCUT2D eigenvalue weighted by atomic mass is 15.2. The first-order valence-corrected chi connectivity index (χ1v) is 8.02. The molecule has 0 saturated heterocycles. The number of rotatable bonds is 5. The lowest BCUT2D eigenvalue weighted by Crippen LogP contribution is -2.45. The molecular weight excluding hydrogens is 246 g/mol. The number of aromatic nitrogens is 1. The maximum absolute atomic E-state index is 6.40. The fourth-order valence-corrected chi connectivity index (χ4v) is 3.38. The standard InChI is InChI=1S/C17H29N3/c1-4-15(18)17(16-7-5-6-12-19-16)20(3)14-10-8-13(2)9-11-14/h5-7,12-15,17H,4,8-11,18H2,1-3H3. The van der Waals surface area contributed by atoms with E-state index in [1.165, 1.54) is 25.7 Å². The summed E-state index contributed by atoms with van der Waals surface area (Å²) in [5.74, 6) is 0.882. The number of hydrogen-bond donors (Lipinski definition) is 1. The maximum Gasteiger partial charge on any atom is 0.0673 e. The van der Waals surface area contributed by atoms with Crippen molar-refractivity contribution in [3.05, 3.63) is 30.1 Å². The van der Waals surface area contributed by atoms with Crippen LogP contribution in [0.15, 0.2) is 24.4 Å². The van der Waals surface area contributed by atoms with Crippen molar-refractivity contribution >= 4 is 0 Å². The molecule has 20 heavy (non-hydrogen) atoms. The fraction of sp³-hybridized carbons (Fsp3) is 0.706. The normalized spacial score (nSPS) is 26.4. The summed E-state index contributed by atoms with van der Waals surface area (Å²) < 4.78 is 0. The van der Waals surface area contributed by atoms with Gasteiger partial charge in [-0.25, -0.2) is 0 Å². The third-order valence-corrected chi connectivity index (χ3v) is 4.87. The fourth-order valence-electron chi connectivity index (χ4n) is 3.38. The second kappa shape index (κ2) is 7.19. The minimum Gasteiger partial charge on any atom is -0.326 e. The van der Waals surface area contributed by atoms with Gasteiger partial charge in [0.15, 0.2) is 0 Å². The minimum atomic E-state index is 0.147. The molecule has 1 saturated carbocycles. The highest BCUT2D eigenvalue weighted by Gasteiger charge is 2.31. The molecule has 0 radical (unpaired) electrons. The topological polar surface area (TPSA) is 42.1 Å². The smallest absolute Gasteiger partial charge is 0.0673 e. The van der Waals surface area contributed by atoms with Gasteiger partial charge < -0.3 is 5.73 Å². The number of nitrogens with zero attached hydrogens (tertiary/aromatic N) is 2. The van der Waals surface area contributed by atoms with E-state index in [1.807, 2.05) is 12.3 Å². The van der Waals surface area contributed by atoms with Crippen molar-refractivity contribution in [3.8, 4) is 0 Å². The van der Waals surface area contributed by atoms with Gasteiger partial charge in [-0.1, -0.05) is 19.9 Å². The van der Waals surface area contributed by atoms with E-state index < -0.39 is 0 Å². The monoisotopic (exact) mass is 275 g/mol. The highest BCUT2D eigenvalue weighted by molar-refractivity contribution is 5.12. The third-order valence-electron chi connectivity index (χ3n) is 4.87. The zero-order valence-electron chi connectivity index (χ0n) is 13.1. The van der Waals surface area contributed by atoms with Crippen LogP contribution in [-0.4, -0.2) is 29.0 Å². The van der Waals surface area contributed by atoms with Crippen molar-refractivity contribution in [2.24, 2.45) is 11.7 Å². The largest absolute Gasteiger partial charge is 0.326 e. The summed E-state index contributed by atoms with van der Waals surface area (Å²) in [6, 6.07) is 7.18. The predicted molar refractivity (Wildman–Crippen MR) is 84.4 cm³/mol. The Morgan fingerprint density at radius 3 is 2.55 bits per heavy atom. The van der Waals surface area contributed by atoms with Crippen LogP contribution in [0.3, 0.4) is 0 Å². The van der Waals surface area contributed by atoms with Crippen LogP contribution in [0.25, 0.3) is 0 Å². The Bertz CT molecular complexity index is 384. The summed E-state index contributed by atoms with van der Waals surface area (Å²) in [5.41, 5.74) is 7.52. The Morgan fingerprint density at radius 1 is 1.30 bits per heavy atom. The number of hydrogen-bond acceptors (Lipinski definition) is 3. The molecule has 1 heterocycles. The molecule has 2 rings (SSSR count). The van der Waals surface area contributed by atoms with Gasteiger partial charge in [0.2, 0.25) is 0 Å². The molecule has 1 fully saturated rings. The molecule has 0 amide bonds. The summed E-state index contributed by atoms with van der Waals surface area (Å²) >= 11 is 0. The van der Waals surface area contributed by atoms with Crippen LogP contribution in [-0.2, 0) is 0 Å². The summed E-state index contributed by atoms with van der Waals surface area (Å²) in [7, 11) is 2.23. The zero-order valence-corrected chi connectivity index (χ0v) is 13.1. The molecule has 1 aliphatic carbocycles. The minimum absolute atomic E-state index is 0.147. The lowest BCUT2D eigenvalue weighted by molar-refractivity contribution is 0.104. The number of likely N-dealkylation sites (N-methyl/N-ethyl adjacent to an activating group) is 1. The molecule has 0 aliphatic heterocycles. The third kappa shape index (κ3) is 3.58. The number of nitrogens with two attached hydrogens (primary N) is 1. The van der Waals surface area contributed by atoms with Crippen LogP contribution in [0.1, 0.15) is 57.7 Å². The quantitative estimate of drug-likeness (QED) is 0.896. The van der Waals surface area contributed by atoms with Gasteiger partial charge in [0.1, 0.15) is 0 Å². The van der Waals surface area contributed by atoms with Crippen LogP contribution in [0.2, 0.25) is 0 Å². The van der Waals surface area contributed by atoms with E-state index >= 15 is 0 Å². The second-order valence-electron chi connectivity index (χ2n) is 6.35. The molecule has 2 atom stereocenters. The second-order valence-corrected chi connectivity index (χ2v) is 6.35. The number of pyridine rings is 1. The molecule has 0 aromatic carbocycles. The van der Waals surface area contributed by atoms with Gasteiger partial charge in [-0.3, -0.25) is 9.88 Å². The van der Waals surface area contributed by atoms with Crippen molar-refractivity contribution in [3.63, 3.8) is 0 Å². The van der Waals surface area contributed by atoms with E-state index in [0.717, 1.165) is 18.0 Å². The lowest BCUT2D eigenvalue weighted by Gasteiger charge is -2.40. The molecule has 0 bridgehead atoms. The van der Waals surface area contributed by atoms with Crippen LogP contribution in [0, 0.1) is 5.92 Å².